The third-order valence-corrected chi connectivity index (χ3v) is 1.39. The molecule has 0 amide bonds. The molecule has 0 aromatic heterocycles. The molecule has 0 radical (unpaired) electrons. The SMILES string of the molecule is CC=C(C)CCC(C)=N. The lowest BCUT2D eigenvalue weighted by atomic mass is 10.1. The number of allylic oxidation sites excluding steroid dienone is 2. The minimum Gasteiger partial charge on any atom is -0.310 e. The van der Waals surface area contributed by atoms with Crippen LogP contribution in [0, 0.1) is 5.41 Å². The topological polar surface area (TPSA) is 23.9 Å². The van der Waals surface area contributed by atoms with Crippen LogP contribution in [-0.2, 0) is 0 Å². The fourth-order valence-corrected chi connectivity index (χ4v) is 0.529. The first-order valence-electron chi connectivity index (χ1n) is 3.32. The maximum absolute atomic E-state index is 7.14. The average Bonchev–Trinajstić information content (AvgIpc) is 1.83. The zero-order chi connectivity index (χ0) is 7.28. The molecule has 1 nitrogen and oxygen atoms in total. The van der Waals surface area contributed by atoms with Gasteiger partial charge >= 0.3 is 0 Å². The quantitative estimate of drug-likeness (QED) is 0.443. The van der Waals surface area contributed by atoms with Crippen molar-refractivity contribution < 1.29 is 0 Å². The molecule has 9 heavy (non-hydrogen) atoms. The Bertz CT molecular complexity index is 123. The summed E-state index contributed by atoms with van der Waals surface area (Å²) in [5, 5.41) is 7.14. The van der Waals surface area contributed by atoms with Crippen LogP contribution in [0.25, 0.3) is 0 Å². The van der Waals surface area contributed by atoms with Crippen LogP contribution in [0.1, 0.15) is 33.6 Å². The minimum absolute atomic E-state index is 0.774. The van der Waals surface area contributed by atoms with E-state index in [2.05, 4.69) is 13.0 Å². The second-order valence-corrected chi connectivity index (χ2v) is 2.42. The molecule has 0 aliphatic carbocycles. The van der Waals surface area contributed by atoms with Crippen molar-refractivity contribution in [2.45, 2.75) is 33.6 Å². The van der Waals surface area contributed by atoms with Gasteiger partial charge in [-0.25, -0.2) is 0 Å². The Morgan fingerprint density at radius 2 is 1.89 bits per heavy atom. The molecule has 0 atom stereocenters. The zero-order valence-corrected chi connectivity index (χ0v) is 6.49. The molecule has 0 heterocycles. The van der Waals surface area contributed by atoms with E-state index in [1.807, 2.05) is 13.8 Å². The molecule has 0 aromatic carbocycles. The number of nitrogens with one attached hydrogen (secondary N) is 1. The molecule has 0 bridgehead atoms. The highest BCUT2D eigenvalue weighted by atomic mass is 14.4. The largest absolute Gasteiger partial charge is 0.310 e. The van der Waals surface area contributed by atoms with Crippen molar-refractivity contribution in [1.29, 1.82) is 5.41 Å². The predicted octanol–water partition coefficient (Wildman–Crippen LogP) is 2.77. The van der Waals surface area contributed by atoms with Crippen LogP contribution >= 0.6 is 0 Å². The summed E-state index contributed by atoms with van der Waals surface area (Å²) in [4.78, 5) is 0. The lowest BCUT2D eigenvalue weighted by Gasteiger charge is -1.96. The summed E-state index contributed by atoms with van der Waals surface area (Å²) in [6, 6.07) is 0. The van der Waals surface area contributed by atoms with E-state index < -0.39 is 0 Å². The Morgan fingerprint density at radius 3 is 2.22 bits per heavy atom. The Balaban J connectivity index is 3.39. The van der Waals surface area contributed by atoms with Crippen molar-refractivity contribution in [2.24, 2.45) is 0 Å². The molecule has 0 saturated heterocycles. The van der Waals surface area contributed by atoms with E-state index in [9.17, 15) is 0 Å². The summed E-state index contributed by atoms with van der Waals surface area (Å²) >= 11 is 0. The molecular formula is C8H15N. The molecule has 0 unspecified atom stereocenters. The maximum Gasteiger partial charge on any atom is 0.00614 e. The van der Waals surface area contributed by atoms with E-state index in [1.165, 1.54) is 5.57 Å². The van der Waals surface area contributed by atoms with Gasteiger partial charge in [0.15, 0.2) is 0 Å². The van der Waals surface area contributed by atoms with Gasteiger partial charge in [0.2, 0.25) is 0 Å². The zero-order valence-electron chi connectivity index (χ0n) is 6.49. The van der Waals surface area contributed by atoms with Gasteiger partial charge in [0.25, 0.3) is 0 Å². The van der Waals surface area contributed by atoms with Gasteiger partial charge in [0.05, 0.1) is 0 Å². The highest BCUT2D eigenvalue weighted by molar-refractivity contribution is 5.78. The molecule has 1 N–H and O–H groups in total. The minimum atomic E-state index is 0.774. The highest BCUT2D eigenvalue weighted by Crippen LogP contribution is 2.02. The van der Waals surface area contributed by atoms with Crippen LogP contribution in [0.3, 0.4) is 0 Å². The summed E-state index contributed by atoms with van der Waals surface area (Å²) in [5.41, 5.74) is 2.15. The summed E-state index contributed by atoms with van der Waals surface area (Å²) in [7, 11) is 0. The van der Waals surface area contributed by atoms with Crippen LogP contribution in [0.15, 0.2) is 11.6 Å². The Morgan fingerprint density at radius 1 is 1.33 bits per heavy atom. The average molecular weight is 125 g/mol. The maximum atomic E-state index is 7.14. The van der Waals surface area contributed by atoms with Crippen molar-refractivity contribution >= 4 is 5.71 Å². The van der Waals surface area contributed by atoms with Crippen LogP contribution in [0.4, 0.5) is 0 Å². The molecule has 0 aliphatic rings. The van der Waals surface area contributed by atoms with Crippen LogP contribution < -0.4 is 0 Å². The molecule has 0 fully saturated rings. The van der Waals surface area contributed by atoms with Crippen molar-refractivity contribution in [1.82, 2.24) is 0 Å². The standard InChI is InChI=1S/C8H15N/c1-4-7(2)5-6-8(3)9/h4,9H,5-6H2,1-3H3. The first-order chi connectivity index (χ1) is 4.16. The highest BCUT2D eigenvalue weighted by Gasteiger charge is 1.89. The Labute approximate surface area is 57.3 Å². The van der Waals surface area contributed by atoms with E-state index in [0.717, 1.165) is 18.6 Å². The molecule has 0 saturated carbocycles. The third-order valence-electron chi connectivity index (χ3n) is 1.39. The lowest BCUT2D eigenvalue weighted by Crippen LogP contribution is -1.87. The van der Waals surface area contributed by atoms with E-state index in [4.69, 9.17) is 5.41 Å². The lowest BCUT2D eigenvalue weighted by molar-refractivity contribution is 0.995. The monoisotopic (exact) mass is 125 g/mol. The third kappa shape index (κ3) is 5.28. The summed E-state index contributed by atoms with van der Waals surface area (Å²) in [6.45, 7) is 5.99. The first kappa shape index (κ1) is 8.41. The van der Waals surface area contributed by atoms with Crippen molar-refractivity contribution in [3.8, 4) is 0 Å². The van der Waals surface area contributed by atoms with Crippen LogP contribution in [-0.4, -0.2) is 5.71 Å². The van der Waals surface area contributed by atoms with Gasteiger partial charge in [-0.05, 0) is 33.6 Å². The smallest absolute Gasteiger partial charge is 0.00614 e. The number of hydrogen-bond acceptors (Lipinski definition) is 1. The molecule has 0 rings (SSSR count). The molecule has 1 heteroatoms. The number of hydrogen-bond donors (Lipinski definition) is 1. The fraction of sp³-hybridized carbons (Fsp3) is 0.625. The van der Waals surface area contributed by atoms with Gasteiger partial charge in [-0.1, -0.05) is 11.6 Å². The van der Waals surface area contributed by atoms with Crippen molar-refractivity contribution in [3.63, 3.8) is 0 Å². The van der Waals surface area contributed by atoms with Gasteiger partial charge < -0.3 is 5.41 Å². The summed E-state index contributed by atoms with van der Waals surface area (Å²) < 4.78 is 0. The van der Waals surface area contributed by atoms with E-state index in [-0.39, 0.29) is 0 Å². The van der Waals surface area contributed by atoms with Crippen LogP contribution in [0.2, 0.25) is 0 Å². The molecule has 0 aliphatic heterocycles. The van der Waals surface area contributed by atoms with Gasteiger partial charge in [-0.2, -0.15) is 0 Å². The summed E-state index contributed by atoms with van der Waals surface area (Å²) in [6.07, 6.45) is 4.06. The molecular weight excluding hydrogens is 110 g/mol. The van der Waals surface area contributed by atoms with E-state index in [0.29, 0.717) is 0 Å². The summed E-state index contributed by atoms with van der Waals surface area (Å²) in [5.74, 6) is 0. The predicted molar refractivity (Wildman–Crippen MR) is 42.1 cm³/mol. The molecule has 0 spiro atoms. The Kier molecular flexibility index (Phi) is 4.02. The van der Waals surface area contributed by atoms with E-state index in [1.54, 1.807) is 0 Å². The molecule has 0 aromatic rings. The van der Waals surface area contributed by atoms with Gasteiger partial charge in [-0.15, -0.1) is 0 Å². The fourth-order valence-electron chi connectivity index (χ4n) is 0.529. The molecule has 52 valence electrons. The normalized spacial score (nSPS) is 11.7. The van der Waals surface area contributed by atoms with Crippen LogP contribution in [0.5, 0.6) is 0 Å². The van der Waals surface area contributed by atoms with Crippen molar-refractivity contribution in [2.75, 3.05) is 0 Å². The van der Waals surface area contributed by atoms with Gasteiger partial charge in [0.1, 0.15) is 0 Å². The first-order valence-corrected chi connectivity index (χ1v) is 3.32. The number of rotatable bonds is 3. The Hall–Kier alpha value is -0.590. The van der Waals surface area contributed by atoms with E-state index >= 15 is 0 Å². The van der Waals surface area contributed by atoms with Gasteiger partial charge in [0, 0.05) is 5.71 Å². The second kappa shape index (κ2) is 4.30. The van der Waals surface area contributed by atoms with Gasteiger partial charge in [-0.3, -0.25) is 0 Å². The van der Waals surface area contributed by atoms with Crippen molar-refractivity contribution in [3.05, 3.63) is 11.6 Å². The second-order valence-electron chi connectivity index (χ2n) is 2.42.